The van der Waals surface area contributed by atoms with Crippen LogP contribution in [0.4, 0.5) is 10.3 Å². The Morgan fingerprint density at radius 2 is 1.79 bits per heavy atom. The maximum Gasteiger partial charge on any atom is 0.234 e. The summed E-state index contributed by atoms with van der Waals surface area (Å²) in [6.45, 7) is 1.95. The number of nitrogens with zero attached hydrogens (tertiary/aromatic N) is 1. The smallest absolute Gasteiger partial charge is 0.234 e. The summed E-state index contributed by atoms with van der Waals surface area (Å²) in [4.78, 5) is 4.33. The highest BCUT2D eigenvalue weighted by Crippen LogP contribution is 2.34. The summed E-state index contributed by atoms with van der Waals surface area (Å²) in [5, 5.41) is 3.10. The van der Waals surface area contributed by atoms with Crippen molar-refractivity contribution >= 4 is 15.7 Å². The lowest BCUT2D eigenvalue weighted by Gasteiger charge is -2.22. The molecular weight excluding hydrogens is 391 g/mol. The molecule has 0 radical (unpaired) electrons. The minimum Gasteiger partial charge on any atom is -0.419 e. The molecule has 7 heteroatoms. The first-order valence-corrected chi connectivity index (χ1v) is 11.3. The number of halogens is 1. The lowest BCUT2D eigenvalue weighted by Crippen LogP contribution is -2.23. The molecule has 0 spiro atoms. The minimum absolute atomic E-state index is 0.0188. The van der Waals surface area contributed by atoms with Crippen molar-refractivity contribution in [3.8, 4) is 11.5 Å². The molecule has 2 aromatic carbocycles. The Morgan fingerprint density at radius 1 is 1.07 bits per heavy atom. The summed E-state index contributed by atoms with van der Waals surface area (Å²) in [7, 11) is -3.97. The van der Waals surface area contributed by atoms with E-state index in [1.165, 1.54) is 18.6 Å². The first kappa shape index (κ1) is 19.6. The van der Waals surface area contributed by atoms with E-state index < -0.39 is 15.7 Å². The molecule has 1 saturated carbocycles. The zero-order chi connectivity index (χ0) is 20.4. The Labute approximate surface area is 169 Å². The van der Waals surface area contributed by atoms with E-state index in [1.54, 1.807) is 0 Å². The van der Waals surface area contributed by atoms with E-state index in [4.69, 9.17) is 4.42 Å². The molecule has 5 nitrogen and oxygen atoms in total. The number of rotatable bonds is 5. The van der Waals surface area contributed by atoms with Crippen LogP contribution in [-0.4, -0.2) is 19.4 Å². The first-order chi connectivity index (χ1) is 13.9. The van der Waals surface area contributed by atoms with Gasteiger partial charge in [0, 0.05) is 11.6 Å². The molecule has 1 heterocycles. The van der Waals surface area contributed by atoms with Crippen LogP contribution in [0, 0.1) is 12.7 Å². The van der Waals surface area contributed by atoms with E-state index in [9.17, 15) is 12.8 Å². The Bertz CT molecular complexity index is 1100. The summed E-state index contributed by atoms with van der Waals surface area (Å²) in [6, 6.07) is 12.4. The topological polar surface area (TPSA) is 72.2 Å². The Balaban J connectivity index is 1.78. The van der Waals surface area contributed by atoms with E-state index in [-0.39, 0.29) is 27.7 Å². The second-order valence-electron chi connectivity index (χ2n) is 7.46. The molecule has 1 fully saturated rings. The lowest BCUT2D eigenvalue weighted by atomic mass is 9.96. The Hall–Kier alpha value is -2.67. The number of benzene rings is 2. The normalized spacial score (nSPS) is 15.4. The van der Waals surface area contributed by atoms with Gasteiger partial charge in [-0.2, -0.15) is 4.98 Å². The zero-order valence-corrected chi connectivity index (χ0v) is 17.0. The molecule has 3 aromatic rings. The van der Waals surface area contributed by atoms with Crippen LogP contribution in [0.25, 0.3) is 11.5 Å². The summed E-state index contributed by atoms with van der Waals surface area (Å²) in [5.41, 5.74) is 1.72. The van der Waals surface area contributed by atoms with Crippen molar-refractivity contribution in [2.45, 2.75) is 55.0 Å². The molecule has 4 rings (SSSR count). The molecule has 152 valence electrons. The molecule has 1 aliphatic carbocycles. The third kappa shape index (κ3) is 4.19. The Kier molecular flexibility index (Phi) is 5.41. The highest BCUT2D eigenvalue weighted by molar-refractivity contribution is 7.91. The number of hydrogen-bond donors (Lipinski definition) is 1. The van der Waals surface area contributed by atoms with Gasteiger partial charge < -0.3 is 9.73 Å². The van der Waals surface area contributed by atoms with Gasteiger partial charge in [-0.05, 0) is 56.2 Å². The SMILES string of the molecule is Cc1cccc(-c2nc(S(=O)(=O)c3ccc(F)cc3)c(NC3CCCCC3)o2)c1. The fourth-order valence-electron chi connectivity index (χ4n) is 3.64. The van der Waals surface area contributed by atoms with Crippen molar-refractivity contribution in [3.63, 3.8) is 0 Å². The summed E-state index contributed by atoms with van der Waals surface area (Å²) in [6.07, 6.45) is 5.28. The molecule has 1 N–H and O–H groups in total. The third-order valence-electron chi connectivity index (χ3n) is 5.18. The number of oxazole rings is 1. The average Bonchev–Trinajstić information content (AvgIpc) is 3.14. The quantitative estimate of drug-likeness (QED) is 0.569. The number of aromatic nitrogens is 1. The monoisotopic (exact) mass is 414 g/mol. The van der Waals surface area contributed by atoms with Crippen molar-refractivity contribution in [1.29, 1.82) is 0 Å². The second-order valence-corrected chi connectivity index (χ2v) is 9.32. The van der Waals surface area contributed by atoms with Gasteiger partial charge in [0.15, 0.2) is 0 Å². The van der Waals surface area contributed by atoms with Gasteiger partial charge in [-0.3, -0.25) is 0 Å². The van der Waals surface area contributed by atoms with Gasteiger partial charge in [-0.1, -0.05) is 37.0 Å². The summed E-state index contributed by atoms with van der Waals surface area (Å²) < 4.78 is 45.7. The average molecular weight is 415 g/mol. The van der Waals surface area contributed by atoms with Crippen LogP contribution in [0.2, 0.25) is 0 Å². The number of sulfone groups is 1. The van der Waals surface area contributed by atoms with Gasteiger partial charge in [0.25, 0.3) is 0 Å². The Morgan fingerprint density at radius 3 is 2.48 bits per heavy atom. The number of hydrogen-bond acceptors (Lipinski definition) is 5. The van der Waals surface area contributed by atoms with Crippen molar-refractivity contribution in [2.24, 2.45) is 0 Å². The van der Waals surface area contributed by atoms with Crippen LogP contribution in [-0.2, 0) is 9.84 Å². The molecular formula is C22H23FN2O3S. The van der Waals surface area contributed by atoms with Gasteiger partial charge in [0.2, 0.25) is 26.6 Å². The fourth-order valence-corrected chi connectivity index (χ4v) is 4.90. The molecule has 0 bridgehead atoms. The molecule has 0 unspecified atom stereocenters. The standard InChI is InChI=1S/C22H23FN2O3S/c1-15-6-5-7-16(14-15)20-25-22(21(28-20)24-18-8-3-2-4-9-18)29(26,27)19-12-10-17(23)11-13-19/h5-7,10-14,18,24H,2-4,8-9H2,1H3. The van der Waals surface area contributed by atoms with Crippen molar-refractivity contribution < 1.29 is 17.2 Å². The minimum atomic E-state index is -3.97. The maximum absolute atomic E-state index is 13.3. The van der Waals surface area contributed by atoms with E-state index >= 15 is 0 Å². The van der Waals surface area contributed by atoms with Gasteiger partial charge in [-0.25, -0.2) is 12.8 Å². The molecule has 0 saturated heterocycles. The van der Waals surface area contributed by atoms with E-state index in [1.807, 2.05) is 31.2 Å². The summed E-state index contributed by atoms with van der Waals surface area (Å²) >= 11 is 0. The molecule has 0 atom stereocenters. The van der Waals surface area contributed by atoms with E-state index in [0.717, 1.165) is 43.4 Å². The van der Waals surface area contributed by atoms with Crippen LogP contribution in [0.3, 0.4) is 0 Å². The zero-order valence-electron chi connectivity index (χ0n) is 16.2. The van der Waals surface area contributed by atoms with Gasteiger partial charge in [0.05, 0.1) is 4.90 Å². The highest BCUT2D eigenvalue weighted by atomic mass is 32.2. The summed E-state index contributed by atoms with van der Waals surface area (Å²) in [5.74, 6) is -0.101. The van der Waals surface area contributed by atoms with Crippen molar-refractivity contribution in [1.82, 2.24) is 4.98 Å². The van der Waals surface area contributed by atoms with Crippen LogP contribution in [0.5, 0.6) is 0 Å². The fraction of sp³-hybridized carbons (Fsp3) is 0.318. The van der Waals surface area contributed by atoms with Gasteiger partial charge in [0.1, 0.15) is 5.82 Å². The van der Waals surface area contributed by atoms with Crippen LogP contribution in [0.1, 0.15) is 37.7 Å². The highest BCUT2D eigenvalue weighted by Gasteiger charge is 2.30. The molecule has 1 aliphatic rings. The maximum atomic E-state index is 13.3. The predicted molar refractivity (Wildman–Crippen MR) is 109 cm³/mol. The molecule has 1 aromatic heterocycles. The van der Waals surface area contributed by atoms with Gasteiger partial charge in [-0.15, -0.1) is 0 Å². The lowest BCUT2D eigenvalue weighted by molar-refractivity contribution is 0.450. The molecule has 0 aliphatic heterocycles. The number of nitrogens with one attached hydrogen (secondary N) is 1. The van der Waals surface area contributed by atoms with Crippen molar-refractivity contribution in [2.75, 3.05) is 5.32 Å². The number of aryl methyl sites for hydroxylation is 1. The number of anilines is 1. The largest absolute Gasteiger partial charge is 0.419 e. The van der Waals surface area contributed by atoms with E-state index in [2.05, 4.69) is 10.3 Å². The first-order valence-electron chi connectivity index (χ1n) is 9.78. The van der Waals surface area contributed by atoms with Crippen LogP contribution in [0.15, 0.2) is 62.9 Å². The predicted octanol–water partition coefficient (Wildman–Crippen LogP) is 5.37. The third-order valence-corrected chi connectivity index (χ3v) is 6.86. The van der Waals surface area contributed by atoms with Crippen LogP contribution < -0.4 is 5.32 Å². The molecule has 29 heavy (non-hydrogen) atoms. The second kappa shape index (κ2) is 7.99. The van der Waals surface area contributed by atoms with Crippen molar-refractivity contribution in [3.05, 3.63) is 59.9 Å². The molecule has 0 amide bonds. The van der Waals surface area contributed by atoms with Crippen LogP contribution >= 0.6 is 0 Å². The van der Waals surface area contributed by atoms with Gasteiger partial charge >= 0.3 is 0 Å². The van der Waals surface area contributed by atoms with E-state index in [0.29, 0.717) is 5.56 Å².